The third-order valence-corrected chi connectivity index (χ3v) is 8.15. The fourth-order valence-corrected chi connectivity index (χ4v) is 5.41. The number of aromatic hydroxyl groups is 1. The van der Waals surface area contributed by atoms with Crippen molar-refractivity contribution in [3.05, 3.63) is 46.5 Å². The number of ether oxygens (including phenoxy) is 6. The normalized spacial score (nSPS) is 34.0. The van der Waals surface area contributed by atoms with Crippen LogP contribution in [0.25, 0.3) is 0 Å². The number of ketones is 1. The van der Waals surface area contributed by atoms with Crippen molar-refractivity contribution in [3.8, 4) is 23.0 Å². The van der Waals surface area contributed by atoms with E-state index < -0.39 is 74.6 Å². The van der Waals surface area contributed by atoms with Gasteiger partial charge in [0, 0.05) is 11.1 Å². The van der Waals surface area contributed by atoms with Crippen LogP contribution in [0, 0.1) is 13.8 Å². The average molecular weight is 609 g/mol. The molecule has 0 bridgehead atoms. The molecule has 3 aliphatic rings. The lowest BCUT2D eigenvalue weighted by atomic mass is 9.91. The number of Topliss-reactive ketones (excluding diaryl/α,β-unsaturated/α-hetero) is 1. The van der Waals surface area contributed by atoms with Crippen LogP contribution in [-0.2, 0) is 14.2 Å². The Hall–Kier alpha value is -3.05. The Balaban J connectivity index is 1.37. The number of hydrogen-bond acceptors (Lipinski definition) is 14. The van der Waals surface area contributed by atoms with Gasteiger partial charge >= 0.3 is 0 Å². The molecule has 236 valence electrons. The molecule has 0 spiro atoms. The van der Waals surface area contributed by atoms with Gasteiger partial charge in [-0.15, -0.1) is 0 Å². The summed E-state index contributed by atoms with van der Waals surface area (Å²) >= 11 is 0. The van der Waals surface area contributed by atoms with E-state index in [-0.39, 0.29) is 40.6 Å². The molecule has 14 nitrogen and oxygen atoms in total. The van der Waals surface area contributed by atoms with E-state index in [2.05, 4.69) is 0 Å². The van der Waals surface area contributed by atoms with Crippen molar-refractivity contribution in [3.63, 3.8) is 0 Å². The van der Waals surface area contributed by atoms with Crippen LogP contribution in [0.3, 0.4) is 0 Å². The van der Waals surface area contributed by atoms with Crippen molar-refractivity contribution < 1.29 is 69.0 Å². The van der Waals surface area contributed by atoms with Crippen LogP contribution in [0.15, 0.2) is 24.3 Å². The monoisotopic (exact) mass is 608 g/mol. The van der Waals surface area contributed by atoms with E-state index in [1.54, 1.807) is 31.2 Å². The van der Waals surface area contributed by atoms with Crippen molar-refractivity contribution >= 4 is 5.78 Å². The van der Waals surface area contributed by atoms with Crippen molar-refractivity contribution in [2.75, 3.05) is 26.9 Å². The molecule has 0 aliphatic carbocycles. The van der Waals surface area contributed by atoms with Crippen molar-refractivity contribution in [1.29, 1.82) is 0 Å². The number of rotatable bonds is 8. The van der Waals surface area contributed by atoms with E-state index in [0.29, 0.717) is 16.9 Å². The summed E-state index contributed by atoms with van der Waals surface area (Å²) in [5, 5.41) is 72.4. The Morgan fingerprint density at radius 2 is 1.70 bits per heavy atom. The highest BCUT2D eigenvalue weighted by molar-refractivity contribution is 6.03. The predicted octanol–water partition coefficient (Wildman–Crippen LogP) is -0.632. The quantitative estimate of drug-likeness (QED) is 0.199. The van der Waals surface area contributed by atoms with Gasteiger partial charge in [0.1, 0.15) is 70.8 Å². The lowest BCUT2D eigenvalue weighted by Gasteiger charge is -2.41. The number of benzene rings is 2. The number of phenols is 1. The molecule has 3 aliphatic heterocycles. The standard InChI is InChI=1S/C29H36O14/c1-12-20(32)19-16(31)8-17(14-4-6-15(38-3)7-5-14)41-25(19)13(2)24(12)43-27-23(35)22(34)21(33)18(42-27)9-39-28-26(36)29(37,10-30)11-40-28/h4-7,17-18,21-23,26-28,30,32-37H,8-11H2,1-3H3/t17-,18+,21+,22-,23+,26-,27-,28+,29+/m1/s1. The summed E-state index contributed by atoms with van der Waals surface area (Å²) < 4.78 is 33.7. The third-order valence-electron chi connectivity index (χ3n) is 8.15. The van der Waals surface area contributed by atoms with Crippen molar-refractivity contribution in [2.45, 2.75) is 75.1 Å². The first kappa shape index (κ1) is 31.4. The van der Waals surface area contributed by atoms with E-state index in [1.165, 1.54) is 14.0 Å². The Morgan fingerprint density at radius 1 is 1.00 bits per heavy atom. The van der Waals surface area contributed by atoms with Gasteiger partial charge in [-0.2, -0.15) is 0 Å². The largest absolute Gasteiger partial charge is 0.507 e. The maximum absolute atomic E-state index is 13.2. The lowest BCUT2D eigenvalue weighted by molar-refractivity contribution is -0.289. The Morgan fingerprint density at radius 3 is 2.33 bits per heavy atom. The summed E-state index contributed by atoms with van der Waals surface area (Å²) in [4.78, 5) is 13.2. The molecule has 5 rings (SSSR count). The highest BCUT2D eigenvalue weighted by Crippen LogP contribution is 2.48. The first-order valence-electron chi connectivity index (χ1n) is 13.7. The average Bonchev–Trinajstić information content (AvgIpc) is 3.30. The zero-order valence-corrected chi connectivity index (χ0v) is 23.7. The fourth-order valence-electron chi connectivity index (χ4n) is 5.41. The molecule has 9 atom stereocenters. The molecular weight excluding hydrogens is 572 g/mol. The number of phenolic OH excluding ortho intramolecular Hbond substituents is 1. The highest BCUT2D eigenvalue weighted by atomic mass is 16.7. The van der Waals surface area contributed by atoms with Crippen molar-refractivity contribution in [1.82, 2.24) is 0 Å². The predicted molar refractivity (Wildman–Crippen MR) is 144 cm³/mol. The van der Waals surface area contributed by atoms with Crippen LogP contribution >= 0.6 is 0 Å². The second-order valence-electron chi connectivity index (χ2n) is 11.0. The van der Waals surface area contributed by atoms with Gasteiger partial charge in [0.05, 0.1) is 33.4 Å². The van der Waals surface area contributed by atoms with Crippen LogP contribution in [0.1, 0.15) is 39.6 Å². The molecule has 3 heterocycles. The van der Waals surface area contributed by atoms with Gasteiger partial charge in [-0.1, -0.05) is 12.1 Å². The first-order valence-corrected chi connectivity index (χ1v) is 13.7. The smallest absolute Gasteiger partial charge is 0.229 e. The number of carbonyl (C=O) groups excluding carboxylic acids is 1. The van der Waals surface area contributed by atoms with Gasteiger partial charge in [-0.3, -0.25) is 4.79 Å². The van der Waals surface area contributed by atoms with Gasteiger partial charge in [-0.25, -0.2) is 0 Å². The molecule has 2 fully saturated rings. The first-order chi connectivity index (χ1) is 20.4. The summed E-state index contributed by atoms with van der Waals surface area (Å²) in [5.74, 6) is 0.0285. The summed E-state index contributed by atoms with van der Waals surface area (Å²) in [6, 6.07) is 7.01. The molecule has 43 heavy (non-hydrogen) atoms. The third kappa shape index (κ3) is 5.66. The van der Waals surface area contributed by atoms with Crippen LogP contribution in [0.5, 0.6) is 23.0 Å². The number of carbonyl (C=O) groups is 1. The van der Waals surface area contributed by atoms with Crippen LogP contribution in [0.4, 0.5) is 0 Å². The van der Waals surface area contributed by atoms with Gasteiger partial charge in [0.25, 0.3) is 0 Å². The molecular formula is C29H36O14. The molecule has 2 aromatic carbocycles. The second-order valence-corrected chi connectivity index (χ2v) is 11.0. The molecule has 14 heteroatoms. The number of aliphatic hydroxyl groups is 6. The zero-order valence-electron chi connectivity index (χ0n) is 23.7. The van der Waals surface area contributed by atoms with Gasteiger partial charge in [-0.05, 0) is 31.5 Å². The molecule has 0 saturated carbocycles. The SMILES string of the molecule is COc1ccc([C@H]2CC(=O)c3c(O)c(C)c(O[C@H]4O[C@@H](CO[C@H]5OC[C@@](O)(CO)[C@@H]5O)[C@H](O)[C@@H](O)[C@@H]4O)c(C)c3O2)cc1. The van der Waals surface area contributed by atoms with Crippen LogP contribution in [-0.4, -0.2) is 117 Å². The van der Waals surface area contributed by atoms with Crippen LogP contribution < -0.4 is 14.2 Å². The minimum absolute atomic E-state index is 0.00286. The van der Waals surface area contributed by atoms with E-state index in [1.807, 2.05) is 0 Å². The number of fused-ring (bicyclic) bond motifs is 1. The van der Waals surface area contributed by atoms with E-state index in [4.69, 9.17) is 28.4 Å². The number of hydrogen-bond donors (Lipinski definition) is 7. The Bertz CT molecular complexity index is 1330. The van der Waals surface area contributed by atoms with Gasteiger partial charge in [0.15, 0.2) is 12.1 Å². The number of aliphatic hydroxyl groups excluding tert-OH is 5. The van der Waals surface area contributed by atoms with E-state index in [0.717, 1.165) is 0 Å². The van der Waals surface area contributed by atoms with E-state index in [9.17, 15) is 40.5 Å². The molecule has 2 aromatic rings. The molecule has 0 amide bonds. The summed E-state index contributed by atoms with van der Waals surface area (Å²) in [6.45, 7) is 1.46. The van der Waals surface area contributed by atoms with Gasteiger partial charge < -0.3 is 64.2 Å². The topological polar surface area (TPSA) is 214 Å². The number of methoxy groups -OCH3 is 1. The lowest BCUT2D eigenvalue weighted by Crippen LogP contribution is -2.60. The van der Waals surface area contributed by atoms with Crippen molar-refractivity contribution in [2.24, 2.45) is 0 Å². The second kappa shape index (κ2) is 12.1. The Labute approximate surface area is 246 Å². The summed E-state index contributed by atoms with van der Waals surface area (Å²) in [5.41, 5.74) is -0.742. The summed E-state index contributed by atoms with van der Waals surface area (Å²) in [6.07, 6.45) is -11.7. The molecule has 0 unspecified atom stereocenters. The maximum atomic E-state index is 13.2. The molecule has 7 N–H and O–H groups in total. The van der Waals surface area contributed by atoms with Gasteiger partial charge in [0.2, 0.25) is 6.29 Å². The van der Waals surface area contributed by atoms with Crippen LogP contribution in [0.2, 0.25) is 0 Å². The minimum Gasteiger partial charge on any atom is -0.507 e. The van der Waals surface area contributed by atoms with E-state index >= 15 is 0 Å². The highest BCUT2D eigenvalue weighted by Gasteiger charge is 2.50. The minimum atomic E-state index is -1.93. The molecule has 2 saturated heterocycles. The zero-order chi connectivity index (χ0) is 31.2. The Kier molecular flexibility index (Phi) is 8.87. The fraction of sp³-hybridized carbons (Fsp3) is 0.552. The maximum Gasteiger partial charge on any atom is 0.229 e. The molecule has 0 aromatic heterocycles. The molecule has 0 radical (unpaired) electrons. The summed E-state index contributed by atoms with van der Waals surface area (Å²) in [7, 11) is 1.54.